The molecule has 1 aromatic carbocycles. The zero-order chi connectivity index (χ0) is 18.4. The number of carbonyl (C=O) groups is 2. The summed E-state index contributed by atoms with van der Waals surface area (Å²) >= 11 is 1.28. The van der Waals surface area contributed by atoms with Crippen molar-refractivity contribution in [3.63, 3.8) is 0 Å². The van der Waals surface area contributed by atoms with Crippen molar-refractivity contribution < 1.29 is 9.59 Å². The second-order valence-corrected chi connectivity index (χ2v) is 7.34. The maximum Gasteiger partial charge on any atom is 0.321 e. The predicted molar refractivity (Wildman–Crippen MR) is 100.0 cm³/mol. The first-order valence-corrected chi connectivity index (χ1v) is 9.77. The predicted octanol–water partition coefficient (Wildman–Crippen LogP) is 2.50. The molecule has 2 aromatic rings. The molecule has 7 nitrogen and oxygen atoms in total. The Morgan fingerprint density at radius 1 is 1.19 bits per heavy atom. The molecule has 0 aliphatic heterocycles. The average Bonchev–Trinajstić information content (AvgIpc) is 3.25. The van der Waals surface area contributed by atoms with Crippen LogP contribution in [-0.4, -0.2) is 38.5 Å². The highest BCUT2D eigenvalue weighted by atomic mass is 32.2. The number of imide groups is 1. The van der Waals surface area contributed by atoms with Crippen molar-refractivity contribution >= 4 is 23.7 Å². The highest BCUT2D eigenvalue weighted by Gasteiger charge is 2.19. The van der Waals surface area contributed by atoms with E-state index in [2.05, 4.69) is 20.8 Å². The van der Waals surface area contributed by atoms with Crippen LogP contribution in [0, 0.1) is 6.92 Å². The van der Waals surface area contributed by atoms with Crippen LogP contribution >= 0.6 is 11.8 Å². The lowest BCUT2D eigenvalue weighted by atomic mass is 10.2. The van der Waals surface area contributed by atoms with Crippen LogP contribution in [0.4, 0.5) is 4.79 Å². The molecule has 138 valence electrons. The van der Waals surface area contributed by atoms with E-state index >= 15 is 0 Å². The van der Waals surface area contributed by atoms with E-state index in [1.807, 2.05) is 41.8 Å². The first-order chi connectivity index (χ1) is 12.6. The monoisotopic (exact) mass is 373 g/mol. The van der Waals surface area contributed by atoms with Crippen LogP contribution in [0.2, 0.25) is 0 Å². The Hall–Kier alpha value is -2.35. The van der Waals surface area contributed by atoms with Crippen LogP contribution < -0.4 is 10.6 Å². The van der Waals surface area contributed by atoms with Gasteiger partial charge in [0.15, 0.2) is 5.16 Å². The van der Waals surface area contributed by atoms with Crippen LogP contribution in [0.15, 0.2) is 35.5 Å². The maximum atomic E-state index is 12.0. The van der Waals surface area contributed by atoms with Crippen LogP contribution in [0.25, 0.3) is 0 Å². The van der Waals surface area contributed by atoms with E-state index in [-0.39, 0.29) is 17.7 Å². The first kappa shape index (κ1) is 18.4. The number of hydrogen-bond acceptors (Lipinski definition) is 5. The number of aromatic nitrogens is 3. The molecule has 1 heterocycles. The maximum absolute atomic E-state index is 12.0. The summed E-state index contributed by atoms with van der Waals surface area (Å²) in [6.07, 6.45) is 4.23. The number of benzene rings is 1. The van der Waals surface area contributed by atoms with E-state index in [4.69, 9.17) is 0 Å². The molecule has 3 rings (SSSR count). The third kappa shape index (κ3) is 5.08. The van der Waals surface area contributed by atoms with Gasteiger partial charge in [0.25, 0.3) is 0 Å². The van der Waals surface area contributed by atoms with Crippen molar-refractivity contribution in [2.45, 2.75) is 50.4 Å². The summed E-state index contributed by atoms with van der Waals surface area (Å²) in [6.45, 7) is 2.53. The van der Waals surface area contributed by atoms with E-state index in [0.717, 1.165) is 37.1 Å². The van der Waals surface area contributed by atoms with Gasteiger partial charge >= 0.3 is 6.03 Å². The molecule has 1 aromatic heterocycles. The summed E-state index contributed by atoms with van der Waals surface area (Å²) in [5, 5.41) is 14.1. The largest absolute Gasteiger partial charge is 0.335 e. The normalized spacial score (nSPS) is 14.3. The molecule has 0 atom stereocenters. The second-order valence-electron chi connectivity index (χ2n) is 6.39. The van der Waals surface area contributed by atoms with E-state index in [9.17, 15) is 9.59 Å². The number of rotatable bonds is 6. The summed E-state index contributed by atoms with van der Waals surface area (Å²) < 4.78 is 1.96. The Kier molecular flexibility index (Phi) is 6.27. The van der Waals surface area contributed by atoms with Crippen LogP contribution in [0.1, 0.15) is 37.1 Å². The number of hydrogen-bond donors (Lipinski definition) is 2. The molecule has 8 heteroatoms. The molecule has 1 saturated carbocycles. The number of carbonyl (C=O) groups excluding carboxylic acids is 2. The number of aryl methyl sites for hydroxylation is 1. The fourth-order valence-corrected chi connectivity index (χ4v) is 3.78. The van der Waals surface area contributed by atoms with Gasteiger partial charge in [0.05, 0.1) is 12.3 Å². The number of nitrogens with zero attached hydrogens (tertiary/aromatic N) is 3. The summed E-state index contributed by atoms with van der Waals surface area (Å²) in [5.41, 5.74) is 1.14. The number of nitrogens with one attached hydrogen (secondary N) is 2. The molecular formula is C18H23N5O2S. The zero-order valence-electron chi connectivity index (χ0n) is 14.8. The zero-order valence-corrected chi connectivity index (χ0v) is 15.6. The van der Waals surface area contributed by atoms with Gasteiger partial charge in [-0.15, -0.1) is 10.2 Å². The van der Waals surface area contributed by atoms with Crippen molar-refractivity contribution in [2.24, 2.45) is 0 Å². The van der Waals surface area contributed by atoms with E-state index < -0.39 is 6.03 Å². The third-order valence-electron chi connectivity index (χ3n) is 4.36. The number of thioether (sulfide) groups is 1. The first-order valence-electron chi connectivity index (χ1n) is 8.78. The second kappa shape index (κ2) is 8.84. The quantitative estimate of drug-likeness (QED) is 0.760. The van der Waals surface area contributed by atoms with Gasteiger partial charge in [-0.25, -0.2) is 4.79 Å². The van der Waals surface area contributed by atoms with Gasteiger partial charge in [0.2, 0.25) is 5.91 Å². The lowest BCUT2D eigenvalue weighted by Gasteiger charge is -2.12. The number of urea groups is 1. The van der Waals surface area contributed by atoms with Crippen molar-refractivity contribution in [1.29, 1.82) is 0 Å². The van der Waals surface area contributed by atoms with Crippen molar-refractivity contribution in [1.82, 2.24) is 25.4 Å². The molecule has 1 fully saturated rings. The molecule has 0 unspecified atom stereocenters. The van der Waals surface area contributed by atoms with Crippen molar-refractivity contribution in [3.8, 4) is 0 Å². The van der Waals surface area contributed by atoms with Crippen molar-refractivity contribution in [2.75, 3.05) is 5.75 Å². The van der Waals surface area contributed by atoms with Gasteiger partial charge in [-0.1, -0.05) is 54.9 Å². The molecule has 0 bridgehead atoms. The van der Waals surface area contributed by atoms with Gasteiger partial charge in [0, 0.05) is 6.04 Å². The molecule has 0 spiro atoms. The lowest BCUT2D eigenvalue weighted by molar-refractivity contribution is -0.117. The van der Waals surface area contributed by atoms with Crippen LogP contribution in [0.3, 0.4) is 0 Å². The topological polar surface area (TPSA) is 88.9 Å². The minimum atomic E-state index is -0.413. The van der Waals surface area contributed by atoms with Gasteiger partial charge in [-0.2, -0.15) is 0 Å². The summed E-state index contributed by atoms with van der Waals surface area (Å²) in [7, 11) is 0. The molecule has 3 amide bonds. The van der Waals surface area contributed by atoms with Crippen molar-refractivity contribution in [3.05, 3.63) is 41.7 Å². The molecule has 2 N–H and O–H groups in total. The van der Waals surface area contributed by atoms with E-state index in [1.165, 1.54) is 11.8 Å². The minimum absolute atomic E-state index is 0.116. The van der Waals surface area contributed by atoms with Crippen LogP contribution in [-0.2, 0) is 11.3 Å². The fraction of sp³-hybridized carbons (Fsp3) is 0.444. The Balaban J connectivity index is 1.51. The Morgan fingerprint density at radius 3 is 2.65 bits per heavy atom. The fourth-order valence-electron chi connectivity index (χ4n) is 3.00. The molecule has 0 saturated heterocycles. The Labute approximate surface area is 157 Å². The summed E-state index contributed by atoms with van der Waals surface area (Å²) in [6, 6.07) is 9.79. The Bertz CT molecular complexity index is 756. The molecule has 1 aliphatic carbocycles. The third-order valence-corrected chi connectivity index (χ3v) is 5.33. The smallest absolute Gasteiger partial charge is 0.321 e. The highest BCUT2D eigenvalue weighted by molar-refractivity contribution is 7.99. The molecule has 0 radical (unpaired) electrons. The average molecular weight is 373 g/mol. The van der Waals surface area contributed by atoms with Gasteiger partial charge in [-0.3, -0.25) is 10.1 Å². The molecular weight excluding hydrogens is 350 g/mol. The molecule has 1 aliphatic rings. The standard InChI is InChI=1S/C18H23N5O2S/c1-13-21-22-18(23(13)11-14-7-3-2-4-8-14)26-12-16(24)20-17(25)19-15-9-5-6-10-15/h2-4,7-8,15H,5-6,9-12H2,1H3,(H2,19,20,24,25). The summed E-state index contributed by atoms with van der Waals surface area (Å²) in [4.78, 5) is 23.9. The number of amides is 3. The van der Waals surface area contributed by atoms with Gasteiger partial charge in [0.1, 0.15) is 5.82 Å². The SMILES string of the molecule is Cc1nnc(SCC(=O)NC(=O)NC2CCCC2)n1Cc1ccccc1. The Morgan fingerprint density at radius 2 is 1.92 bits per heavy atom. The van der Waals surface area contributed by atoms with E-state index in [1.54, 1.807) is 0 Å². The lowest BCUT2D eigenvalue weighted by Crippen LogP contribution is -2.44. The summed E-state index contributed by atoms with van der Waals surface area (Å²) in [5.74, 6) is 0.568. The minimum Gasteiger partial charge on any atom is -0.335 e. The van der Waals surface area contributed by atoms with Crippen LogP contribution in [0.5, 0.6) is 0 Å². The molecule has 26 heavy (non-hydrogen) atoms. The van der Waals surface area contributed by atoms with E-state index in [0.29, 0.717) is 11.7 Å². The van der Waals surface area contributed by atoms with Gasteiger partial charge < -0.3 is 9.88 Å². The van der Waals surface area contributed by atoms with Gasteiger partial charge in [-0.05, 0) is 25.3 Å². The highest BCUT2D eigenvalue weighted by Crippen LogP contribution is 2.19.